The number of rotatable bonds is 1. The lowest BCUT2D eigenvalue weighted by Gasteiger charge is -2.34. The van der Waals surface area contributed by atoms with Crippen LogP contribution in [0.1, 0.15) is 16.8 Å². The molecular weight excluding hydrogens is 339 g/mol. The molecule has 1 amide bonds. The Morgan fingerprint density at radius 3 is 2.89 bits per heavy atom. The van der Waals surface area contributed by atoms with E-state index >= 15 is 0 Å². The van der Waals surface area contributed by atoms with Gasteiger partial charge in [0.15, 0.2) is 0 Å². The fourth-order valence-electron chi connectivity index (χ4n) is 3.02. The van der Waals surface area contributed by atoms with Gasteiger partial charge in [0.25, 0.3) is 5.91 Å². The van der Waals surface area contributed by atoms with Crippen LogP contribution in [-0.2, 0) is 0 Å². The van der Waals surface area contributed by atoms with Crippen LogP contribution in [0.2, 0.25) is 0 Å². The van der Waals surface area contributed by atoms with E-state index in [1.165, 1.54) is 0 Å². The Balaban J connectivity index is 1.75. The van der Waals surface area contributed by atoms with E-state index in [0.29, 0.717) is 5.92 Å². The zero-order valence-corrected chi connectivity index (χ0v) is 12.4. The fraction of sp³-hybridized carbons (Fsp3) is 0.500. The van der Waals surface area contributed by atoms with Crippen LogP contribution in [0, 0.1) is 15.4 Å². The molecule has 0 aromatic heterocycles. The predicted octanol–water partition coefficient (Wildman–Crippen LogP) is 1.97. The number of piperidine rings is 1. The van der Waals surface area contributed by atoms with Crippen molar-refractivity contribution in [2.45, 2.75) is 6.42 Å². The van der Waals surface area contributed by atoms with Crippen LogP contribution in [0.15, 0.2) is 24.3 Å². The molecule has 0 spiro atoms. The van der Waals surface area contributed by atoms with Gasteiger partial charge in [-0.1, -0.05) is 12.1 Å². The number of hydrogen-bond acceptors (Lipinski definition) is 2. The lowest BCUT2D eigenvalue weighted by atomic mass is 9.88. The molecule has 2 heterocycles. The molecule has 18 heavy (non-hydrogen) atoms. The summed E-state index contributed by atoms with van der Waals surface area (Å²) >= 11 is 2.24. The Bertz CT molecular complexity index is 463. The van der Waals surface area contributed by atoms with Crippen LogP contribution in [0.3, 0.4) is 0 Å². The summed E-state index contributed by atoms with van der Waals surface area (Å²) in [6.45, 7) is 4.03. The fourth-order valence-corrected chi connectivity index (χ4v) is 3.64. The molecule has 0 aliphatic carbocycles. The van der Waals surface area contributed by atoms with Crippen molar-refractivity contribution in [2.75, 3.05) is 26.2 Å². The number of likely N-dealkylation sites (tertiary alicyclic amines) is 1. The van der Waals surface area contributed by atoms with Gasteiger partial charge in [-0.05, 0) is 66.1 Å². The van der Waals surface area contributed by atoms with Gasteiger partial charge in [-0.2, -0.15) is 0 Å². The Labute approximate surface area is 121 Å². The first-order chi connectivity index (χ1) is 8.75. The molecule has 2 aliphatic rings. The molecule has 2 aliphatic heterocycles. The molecule has 1 aromatic rings. The van der Waals surface area contributed by atoms with E-state index in [0.717, 1.165) is 47.7 Å². The van der Waals surface area contributed by atoms with Gasteiger partial charge in [0.05, 0.1) is 5.56 Å². The third kappa shape index (κ3) is 2.28. The van der Waals surface area contributed by atoms with Gasteiger partial charge in [0.2, 0.25) is 0 Å². The second kappa shape index (κ2) is 5.17. The van der Waals surface area contributed by atoms with Crippen LogP contribution < -0.4 is 5.32 Å². The Morgan fingerprint density at radius 1 is 1.28 bits per heavy atom. The second-order valence-electron chi connectivity index (χ2n) is 5.20. The highest BCUT2D eigenvalue weighted by molar-refractivity contribution is 14.1. The summed E-state index contributed by atoms with van der Waals surface area (Å²) < 4.78 is 1.05. The maximum Gasteiger partial charge on any atom is 0.254 e. The molecule has 3 nitrogen and oxygen atoms in total. The van der Waals surface area contributed by atoms with Gasteiger partial charge < -0.3 is 10.2 Å². The average Bonchev–Trinajstić information content (AvgIpc) is 2.85. The van der Waals surface area contributed by atoms with Gasteiger partial charge in [-0.15, -0.1) is 0 Å². The van der Waals surface area contributed by atoms with Crippen molar-refractivity contribution in [1.29, 1.82) is 0 Å². The molecule has 1 N–H and O–H groups in total. The minimum absolute atomic E-state index is 0.199. The summed E-state index contributed by atoms with van der Waals surface area (Å²) in [7, 11) is 0. The number of halogens is 1. The van der Waals surface area contributed by atoms with Crippen molar-refractivity contribution < 1.29 is 4.79 Å². The molecule has 2 fully saturated rings. The molecular formula is C14H17IN2O. The molecule has 3 rings (SSSR count). The van der Waals surface area contributed by atoms with Gasteiger partial charge in [0.1, 0.15) is 0 Å². The number of hydrogen-bond donors (Lipinski definition) is 1. The summed E-state index contributed by atoms with van der Waals surface area (Å²) in [5.41, 5.74) is 0.850. The molecule has 2 unspecified atom stereocenters. The zero-order chi connectivity index (χ0) is 12.5. The second-order valence-corrected chi connectivity index (χ2v) is 6.36. The van der Waals surface area contributed by atoms with E-state index in [9.17, 15) is 4.79 Å². The number of amides is 1. The first-order valence-corrected chi connectivity index (χ1v) is 7.58. The van der Waals surface area contributed by atoms with E-state index in [1.807, 2.05) is 29.2 Å². The normalized spacial score (nSPS) is 27.1. The first-order valence-electron chi connectivity index (χ1n) is 6.50. The SMILES string of the molecule is O=C(c1ccccc1I)N1CCC2CNCC2C1. The third-order valence-electron chi connectivity index (χ3n) is 4.10. The minimum Gasteiger partial charge on any atom is -0.338 e. The lowest BCUT2D eigenvalue weighted by molar-refractivity contribution is 0.0641. The number of benzene rings is 1. The van der Waals surface area contributed by atoms with E-state index in [-0.39, 0.29) is 5.91 Å². The summed E-state index contributed by atoms with van der Waals surface area (Å²) in [6, 6.07) is 7.85. The number of nitrogens with zero attached hydrogens (tertiary/aromatic N) is 1. The molecule has 2 saturated heterocycles. The van der Waals surface area contributed by atoms with Crippen molar-refractivity contribution in [2.24, 2.45) is 11.8 Å². The van der Waals surface area contributed by atoms with Crippen LogP contribution in [0.25, 0.3) is 0 Å². The number of carbonyl (C=O) groups is 1. The average molecular weight is 356 g/mol. The standard InChI is InChI=1S/C14H17IN2O/c15-13-4-2-1-3-12(13)14(18)17-6-5-10-7-16-8-11(10)9-17/h1-4,10-11,16H,5-9H2. The summed E-state index contributed by atoms with van der Waals surface area (Å²) in [6.07, 6.45) is 1.15. The van der Waals surface area contributed by atoms with Gasteiger partial charge >= 0.3 is 0 Å². The number of fused-ring (bicyclic) bond motifs is 1. The quantitative estimate of drug-likeness (QED) is 0.781. The predicted molar refractivity (Wildman–Crippen MR) is 79.5 cm³/mol. The van der Waals surface area contributed by atoms with E-state index in [4.69, 9.17) is 0 Å². The van der Waals surface area contributed by atoms with Crippen LogP contribution >= 0.6 is 22.6 Å². The van der Waals surface area contributed by atoms with Gasteiger partial charge in [0, 0.05) is 16.7 Å². The van der Waals surface area contributed by atoms with E-state index in [2.05, 4.69) is 27.9 Å². The van der Waals surface area contributed by atoms with Crippen LogP contribution in [-0.4, -0.2) is 37.0 Å². The molecule has 2 atom stereocenters. The highest BCUT2D eigenvalue weighted by Crippen LogP contribution is 2.27. The Kier molecular flexibility index (Phi) is 3.56. The maximum absolute atomic E-state index is 12.5. The highest BCUT2D eigenvalue weighted by Gasteiger charge is 2.34. The highest BCUT2D eigenvalue weighted by atomic mass is 127. The maximum atomic E-state index is 12.5. The van der Waals surface area contributed by atoms with E-state index in [1.54, 1.807) is 0 Å². The van der Waals surface area contributed by atoms with Crippen molar-refractivity contribution in [3.63, 3.8) is 0 Å². The van der Waals surface area contributed by atoms with Gasteiger partial charge in [-0.25, -0.2) is 0 Å². The largest absolute Gasteiger partial charge is 0.338 e. The summed E-state index contributed by atoms with van der Waals surface area (Å²) in [5.74, 6) is 1.64. The van der Waals surface area contributed by atoms with Crippen molar-refractivity contribution >= 4 is 28.5 Å². The van der Waals surface area contributed by atoms with Crippen molar-refractivity contribution in [3.05, 3.63) is 33.4 Å². The van der Waals surface area contributed by atoms with E-state index < -0.39 is 0 Å². The van der Waals surface area contributed by atoms with Crippen LogP contribution in [0.4, 0.5) is 0 Å². The summed E-state index contributed by atoms with van der Waals surface area (Å²) in [5, 5.41) is 3.44. The monoisotopic (exact) mass is 356 g/mol. The Morgan fingerprint density at radius 2 is 2.06 bits per heavy atom. The molecule has 1 aromatic carbocycles. The number of nitrogens with one attached hydrogen (secondary N) is 1. The topological polar surface area (TPSA) is 32.3 Å². The lowest BCUT2D eigenvalue weighted by Crippen LogP contribution is -2.43. The minimum atomic E-state index is 0.199. The zero-order valence-electron chi connectivity index (χ0n) is 10.2. The molecule has 96 valence electrons. The summed E-state index contributed by atoms with van der Waals surface area (Å²) in [4.78, 5) is 14.5. The Hall–Kier alpha value is -0.620. The van der Waals surface area contributed by atoms with Crippen molar-refractivity contribution in [3.8, 4) is 0 Å². The van der Waals surface area contributed by atoms with Crippen molar-refractivity contribution in [1.82, 2.24) is 10.2 Å². The molecule has 0 bridgehead atoms. The molecule has 0 radical (unpaired) electrons. The van der Waals surface area contributed by atoms with Crippen LogP contribution in [0.5, 0.6) is 0 Å². The number of carbonyl (C=O) groups excluding carboxylic acids is 1. The van der Waals surface area contributed by atoms with Gasteiger partial charge in [-0.3, -0.25) is 4.79 Å². The first kappa shape index (κ1) is 12.4. The molecule has 4 heteroatoms. The smallest absolute Gasteiger partial charge is 0.254 e. The molecule has 0 saturated carbocycles. The third-order valence-corrected chi connectivity index (χ3v) is 5.04.